The quantitative estimate of drug-likeness (QED) is 0.444. The van der Waals surface area contributed by atoms with Crippen molar-refractivity contribution in [3.63, 3.8) is 0 Å². The number of amides is 2. The van der Waals surface area contributed by atoms with Crippen molar-refractivity contribution in [2.24, 2.45) is 7.05 Å². The molecule has 190 valence electrons. The van der Waals surface area contributed by atoms with E-state index in [2.05, 4.69) is 21.0 Å². The van der Waals surface area contributed by atoms with Crippen LogP contribution in [0.1, 0.15) is 34.7 Å². The van der Waals surface area contributed by atoms with Gasteiger partial charge in [-0.1, -0.05) is 35.3 Å². The summed E-state index contributed by atoms with van der Waals surface area (Å²) in [4.78, 5) is 25.1. The van der Waals surface area contributed by atoms with Crippen LogP contribution in [0.3, 0.4) is 0 Å². The molecule has 2 aromatic carbocycles. The van der Waals surface area contributed by atoms with Crippen LogP contribution < -0.4 is 16.0 Å². The lowest BCUT2D eigenvalue weighted by molar-refractivity contribution is -0.121. The van der Waals surface area contributed by atoms with Crippen molar-refractivity contribution >= 4 is 35.0 Å². The van der Waals surface area contributed by atoms with Crippen LogP contribution in [0.2, 0.25) is 10.0 Å². The van der Waals surface area contributed by atoms with Crippen LogP contribution in [0, 0.1) is 11.6 Å². The number of piperidine rings is 1. The number of aryl methyl sites for hydroxylation is 1. The first-order valence-electron chi connectivity index (χ1n) is 11.3. The molecule has 1 fully saturated rings. The molecule has 3 N–H and O–H groups in total. The normalized spacial score (nSPS) is 19.7. The topological polar surface area (TPSA) is 88.1 Å². The summed E-state index contributed by atoms with van der Waals surface area (Å²) in [5.41, 5.74) is 2.14. The molecule has 0 aliphatic carbocycles. The molecule has 2 amide bonds. The molecule has 11 heteroatoms. The van der Waals surface area contributed by atoms with Crippen molar-refractivity contribution < 1.29 is 18.4 Å². The third kappa shape index (κ3) is 5.53. The zero-order chi connectivity index (χ0) is 26.0. The molecule has 3 atom stereocenters. The Morgan fingerprint density at radius 2 is 1.92 bits per heavy atom. The molecule has 3 aromatic rings. The number of aromatic nitrogens is 2. The Kier molecular flexibility index (Phi) is 7.92. The lowest BCUT2D eigenvalue weighted by atomic mass is 9.81. The molecule has 0 saturated carbocycles. The number of nitrogens with zero attached hydrogens (tertiary/aromatic N) is 2. The fraction of sp³-hybridized carbons (Fsp3) is 0.320. The zero-order valence-corrected chi connectivity index (χ0v) is 21.1. The van der Waals surface area contributed by atoms with E-state index in [1.165, 1.54) is 12.3 Å². The van der Waals surface area contributed by atoms with Crippen molar-refractivity contribution in [2.75, 3.05) is 13.6 Å². The summed E-state index contributed by atoms with van der Waals surface area (Å²) in [5.74, 6) is -2.76. The van der Waals surface area contributed by atoms with Crippen molar-refractivity contribution in [3.8, 4) is 11.3 Å². The molecule has 1 aliphatic rings. The molecule has 1 aliphatic heterocycles. The summed E-state index contributed by atoms with van der Waals surface area (Å²) < 4.78 is 29.2. The van der Waals surface area contributed by atoms with E-state index in [0.717, 1.165) is 12.1 Å². The first kappa shape index (κ1) is 26.1. The number of rotatable bonds is 6. The Bertz CT molecular complexity index is 1280. The molecule has 0 spiro atoms. The average molecular weight is 536 g/mol. The van der Waals surface area contributed by atoms with Gasteiger partial charge in [-0.15, -0.1) is 0 Å². The van der Waals surface area contributed by atoms with Gasteiger partial charge in [0.1, 0.15) is 0 Å². The number of benzene rings is 2. The average Bonchev–Trinajstić information content (AvgIpc) is 3.19. The summed E-state index contributed by atoms with van der Waals surface area (Å²) in [6.07, 6.45) is 2.19. The third-order valence-electron chi connectivity index (χ3n) is 6.43. The van der Waals surface area contributed by atoms with Crippen LogP contribution in [-0.2, 0) is 11.8 Å². The Morgan fingerprint density at radius 3 is 2.56 bits per heavy atom. The van der Waals surface area contributed by atoms with E-state index in [1.54, 1.807) is 37.0 Å². The molecular weight excluding hydrogens is 511 g/mol. The van der Waals surface area contributed by atoms with Gasteiger partial charge in [0, 0.05) is 56.2 Å². The number of hydrogen-bond donors (Lipinski definition) is 3. The van der Waals surface area contributed by atoms with Gasteiger partial charge in [0.05, 0.1) is 21.9 Å². The Hall–Kier alpha value is -3.01. The second-order valence-electron chi connectivity index (χ2n) is 8.74. The summed E-state index contributed by atoms with van der Waals surface area (Å²) in [5, 5.41) is 13.7. The second kappa shape index (κ2) is 10.9. The van der Waals surface area contributed by atoms with Crippen LogP contribution in [0.25, 0.3) is 11.3 Å². The molecular formula is C25H25Cl2F2N5O2. The maximum atomic E-state index is 14.0. The van der Waals surface area contributed by atoms with Gasteiger partial charge in [-0.2, -0.15) is 5.10 Å². The monoisotopic (exact) mass is 535 g/mol. The van der Waals surface area contributed by atoms with E-state index >= 15 is 0 Å². The Morgan fingerprint density at radius 1 is 1.14 bits per heavy atom. The van der Waals surface area contributed by atoms with Gasteiger partial charge in [-0.3, -0.25) is 14.3 Å². The number of carbonyl (C=O) groups excluding carboxylic acids is 2. The van der Waals surface area contributed by atoms with E-state index in [-0.39, 0.29) is 30.2 Å². The second-order valence-corrected chi connectivity index (χ2v) is 9.55. The molecule has 2 heterocycles. The number of hydrogen-bond acceptors (Lipinski definition) is 4. The molecule has 1 saturated heterocycles. The highest BCUT2D eigenvalue weighted by atomic mass is 35.5. The number of carbonyl (C=O) groups is 2. The van der Waals surface area contributed by atoms with E-state index in [4.69, 9.17) is 23.2 Å². The van der Waals surface area contributed by atoms with Crippen molar-refractivity contribution in [1.82, 2.24) is 25.7 Å². The zero-order valence-electron chi connectivity index (χ0n) is 19.6. The van der Waals surface area contributed by atoms with Gasteiger partial charge < -0.3 is 16.0 Å². The van der Waals surface area contributed by atoms with Crippen LogP contribution in [0.5, 0.6) is 0 Å². The first-order valence-corrected chi connectivity index (χ1v) is 12.1. The summed E-state index contributed by atoms with van der Waals surface area (Å²) in [7, 11) is 3.30. The van der Waals surface area contributed by atoms with Gasteiger partial charge in [-0.25, -0.2) is 8.78 Å². The van der Waals surface area contributed by atoms with Gasteiger partial charge in [0.2, 0.25) is 5.91 Å². The van der Waals surface area contributed by atoms with E-state index < -0.39 is 17.7 Å². The Balaban J connectivity index is 1.56. The van der Waals surface area contributed by atoms with Crippen LogP contribution >= 0.6 is 23.2 Å². The van der Waals surface area contributed by atoms with Crippen molar-refractivity contribution in [2.45, 2.75) is 30.8 Å². The highest BCUT2D eigenvalue weighted by molar-refractivity contribution is 6.36. The van der Waals surface area contributed by atoms with Gasteiger partial charge in [-0.05, 0) is 36.2 Å². The minimum absolute atomic E-state index is 0.137. The van der Waals surface area contributed by atoms with E-state index in [9.17, 15) is 18.4 Å². The highest BCUT2D eigenvalue weighted by Crippen LogP contribution is 2.34. The van der Waals surface area contributed by atoms with Crippen LogP contribution in [0.4, 0.5) is 8.78 Å². The molecule has 0 radical (unpaired) electrons. The number of nitrogens with one attached hydrogen (secondary N) is 3. The van der Waals surface area contributed by atoms with Gasteiger partial charge in [0.25, 0.3) is 5.91 Å². The minimum Gasteiger partial charge on any atom is -0.359 e. The third-order valence-corrected chi connectivity index (χ3v) is 7.02. The molecule has 1 unspecified atom stereocenters. The summed E-state index contributed by atoms with van der Waals surface area (Å²) in [6.45, 7) is 0.341. The molecule has 1 aromatic heterocycles. The van der Waals surface area contributed by atoms with E-state index in [0.29, 0.717) is 45.4 Å². The predicted octanol–water partition coefficient (Wildman–Crippen LogP) is 4.05. The minimum atomic E-state index is -0.963. The maximum absolute atomic E-state index is 14.0. The largest absolute Gasteiger partial charge is 0.359 e. The first-order chi connectivity index (χ1) is 17.2. The number of halogens is 4. The van der Waals surface area contributed by atoms with Gasteiger partial charge in [0.15, 0.2) is 11.6 Å². The van der Waals surface area contributed by atoms with Crippen LogP contribution in [0.15, 0.2) is 42.6 Å². The molecule has 36 heavy (non-hydrogen) atoms. The fourth-order valence-corrected chi connectivity index (χ4v) is 5.09. The molecule has 0 bridgehead atoms. The summed E-state index contributed by atoms with van der Waals surface area (Å²) >= 11 is 12.7. The van der Waals surface area contributed by atoms with Crippen molar-refractivity contribution in [3.05, 3.63) is 75.4 Å². The standard InChI is InChI=1S/C25H25Cl2F2N5O2/c1-30-23(35)10-15-9-17(13-4-6-20(28)21(29)8-13)22(12-31-15)33-25(36)14-3-5-16(18(26)7-14)24-19(27)11-32-34(24)2/h3-8,11,15,17,22,31H,9-10,12H2,1-2H3,(H,30,35)(H,33,36)/t15?,17-,22+/m0/s1. The maximum Gasteiger partial charge on any atom is 0.251 e. The smallest absolute Gasteiger partial charge is 0.251 e. The van der Waals surface area contributed by atoms with Gasteiger partial charge >= 0.3 is 0 Å². The molecule has 7 nitrogen and oxygen atoms in total. The highest BCUT2D eigenvalue weighted by Gasteiger charge is 2.34. The lowest BCUT2D eigenvalue weighted by Crippen LogP contribution is -2.54. The molecule has 4 rings (SSSR count). The Labute approximate surface area is 217 Å². The van der Waals surface area contributed by atoms with Crippen molar-refractivity contribution in [1.29, 1.82) is 0 Å². The summed E-state index contributed by atoms with van der Waals surface area (Å²) in [6, 6.07) is 7.98. The lowest BCUT2D eigenvalue weighted by Gasteiger charge is -2.37. The van der Waals surface area contributed by atoms with Crippen LogP contribution in [-0.4, -0.2) is 47.3 Å². The SMILES string of the molecule is CNC(=O)CC1C[C@@H](c2ccc(F)c(F)c2)[C@H](NC(=O)c2ccc(-c3c(Cl)cnn3C)c(Cl)c2)CN1. The predicted molar refractivity (Wildman–Crippen MR) is 134 cm³/mol. The van der Waals surface area contributed by atoms with E-state index in [1.807, 2.05) is 0 Å². The fourth-order valence-electron chi connectivity index (χ4n) is 4.55.